The van der Waals surface area contributed by atoms with Gasteiger partial charge in [0.15, 0.2) is 0 Å². The number of rotatable bonds is 4. The van der Waals surface area contributed by atoms with Crippen molar-refractivity contribution in [2.75, 3.05) is 24.8 Å². The zero-order chi connectivity index (χ0) is 14.7. The second-order valence-electron chi connectivity index (χ2n) is 4.25. The Kier molecular flexibility index (Phi) is 3.74. The summed E-state index contributed by atoms with van der Waals surface area (Å²) in [4.78, 5) is 13.2. The lowest BCUT2D eigenvalue weighted by Gasteiger charge is -2.20. The number of ether oxygens (including phenoxy) is 1. The van der Waals surface area contributed by atoms with Crippen molar-refractivity contribution in [1.82, 2.24) is 10.2 Å². The first-order valence-electron chi connectivity index (χ1n) is 5.95. The van der Waals surface area contributed by atoms with Crippen molar-refractivity contribution in [3.05, 3.63) is 48.2 Å². The van der Waals surface area contributed by atoms with E-state index < -0.39 is 0 Å². The molecular formula is C14H16N4O2. The number of nitrogen functional groups attached to an aromatic ring is 1. The number of aromatic nitrogens is 2. The van der Waals surface area contributed by atoms with E-state index in [-0.39, 0.29) is 5.97 Å². The van der Waals surface area contributed by atoms with Crippen LogP contribution in [0, 0.1) is 0 Å². The Hall–Kier alpha value is -2.76. The van der Waals surface area contributed by atoms with Crippen LogP contribution >= 0.6 is 0 Å². The Morgan fingerprint density at radius 1 is 1.40 bits per heavy atom. The van der Waals surface area contributed by atoms with Crippen molar-refractivity contribution in [2.45, 2.75) is 0 Å². The maximum absolute atomic E-state index is 11.4. The fourth-order valence-electron chi connectivity index (χ4n) is 1.76. The van der Waals surface area contributed by atoms with Crippen molar-refractivity contribution in [2.24, 2.45) is 0 Å². The molecule has 6 nitrogen and oxygen atoms in total. The number of hydrogen-bond acceptors (Lipinski definition) is 5. The third-order valence-corrected chi connectivity index (χ3v) is 2.99. The number of hydrogen-bond donors (Lipinski definition) is 2. The van der Waals surface area contributed by atoms with Gasteiger partial charge < -0.3 is 15.4 Å². The molecule has 0 amide bonds. The summed E-state index contributed by atoms with van der Waals surface area (Å²) in [5.41, 5.74) is 8.42. The smallest absolute Gasteiger partial charge is 0.337 e. The third-order valence-electron chi connectivity index (χ3n) is 2.99. The quantitative estimate of drug-likeness (QED) is 0.830. The lowest BCUT2D eigenvalue weighted by molar-refractivity contribution is 0.0601. The van der Waals surface area contributed by atoms with Crippen LogP contribution in [-0.2, 0) is 4.74 Å². The van der Waals surface area contributed by atoms with Crippen molar-refractivity contribution in [3.63, 3.8) is 0 Å². The molecule has 0 aliphatic carbocycles. The molecule has 1 aromatic heterocycles. The topological polar surface area (TPSA) is 84.2 Å². The van der Waals surface area contributed by atoms with E-state index in [0.717, 1.165) is 17.1 Å². The molecule has 3 N–H and O–H groups in total. The predicted molar refractivity (Wildman–Crippen MR) is 78.2 cm³/mol. The number of esters is 1. The molecule has 2 aromatic rings. The highest BCUT2D eigenvalue weighted by Gasteiger charge is 2.11. The normalized spacial score (nSPS) is 10.1. The van der Waals surface area contributed by atoms with Gasteiger partial charge in [0.1, 0.15) is 5.82 Å². The van der Waals surface area contributed by atoms with Crippen molar-refractivity contribution in [1.29, 1.82) is 0 Å². The molecule has 20 heavy (non-hydrogen) atoms. The summed E-state index contributed by atoms with van der Waals surface area (Å²) < 4.78 is 4.66. The molecule has 104 valence electrons. The summed E-state index contributed by atoms with van der Waals surface area (Å²) >= 11 is 0. The number of aromatic amines is 1. The van der Waals surface area contributed by atoms with E-state index in [9.17, 15) is 4.79 Å². The molecule has 0 saturated heterocycles. The van der Waals surface area contributed by atoms with Crippen LogP contribution in [0.2, 0.25) is 0 Å². The lowest BCUT2D eigenvalue weighted by Crippen LogP contribution is -2.15. The summed E-state index contributed by atoms with van der Waals surface area (Å²) in [5.74, 6) is 0.0509. The first-order chi connectivity index (χ1) is 9.52. The highest BCUT2D eigenvalue weighted by Crippen LogP contribution is 2.23. The van der Waals surface area contributed by atoms with Crippen molar-refractivity contribution < 1.29 is 9.53 Å². The number of H-pyrrole nitrogens is 1. The van der Waals surface area contributed by atoms with Gasteiger partial charge in [-0.2, -0.15) is 5.10 Å². The van der Waals surface area contributed by atoms with Crippen molar-refractivity contribution in [3.8, 4) is 0 Å². The summed E-state index contributed by atoms with van der Waals surface area (Å²) in [5, 5.41) is 6.67. The first kappa shape index (κ1) is 13.7. The van der Waals surface area contributed by atoms with E-state index in [1.54, 1.807) is 18.2 Å². The highest BCUT2D eigenvalue weighted by atomic mass is 16.5. The van der Waals surface area contributed by atoms with E-state index in [1.165, 1.54) is 7.11 Å². The van der Waals surface area contributed by atoms with Crippen LogP contribution in [0.5, 0.6) is 0 Å². The van der Waals surface area contributed by atoms with E-state index in [2.05, 4.69) is 21.5 Å². The van der Waals surface area contributed by atoms with Gasteiger partial charge in [0, 0.05) is 18.8 Å². The minimum Gasteiger partial charge on any atom is -0.465 e. The number of methoxy groups -OCH3 is 1. The Morgan fingerprint density at radius 2 is 2.05 bits per heavy atom. The molecular weight excluding hydrogens is 256 g/mol. The second-order valence-corrected chi connectivity index (χ2v) is 4.25. The van der Waals surface area contributed by atoms with Gasteiger partial charge in [-0.25, -0.2) is 4.79 Å². The van der Waals surface area contributed by atoms with E-state index in [1.807, 2.05) is 24.1 Å². The molecule has 0 radical (unpaired) electrons. The van der Waals surface area contributed by atoms with Gasteiger partial charge in [-0.15, -0.1) is 0 Å². The van der Waals surface area contributed by atoms with Gasteiger partial charge in [-0.3, -0.25) is 5.10 Å². The summed E-state index contributed by atoms with van der Waals surface area (Å²) in [6.07, 6.45) is 0. The highest BCUT2D eigenvalue weighted by molar-refractivity contribution is 5.90. The lowest BCUT2D eigenvalue weighted by atomic mass is 10.2. The molecule has 1 heterocycles. The van der Waals surface area contributed by atoms with Crippen LogP contribution in [0.3, 0.4) is 0 Å². The maximum atomic E-state index is 11.4. The third kappa shape index (κ3) is 2.64. The molecule has 0 saturated carbocycles. The summed E-state index contributed by atoms with van der Waals surface area (Å²) in [6, 6.07) is 8.74. The average molecular weight is 272 g/mol. The maximum Gasteiger partial charge on any atom is 0.337 e. The van der Waals surface area contributed by atoms with E-state index in [0.29, 0.717) is 11.4 Å². The molecule has 0 atom stereocenters. The zero-order valence-corrected chi connectivity index (χ0v) is 11.4. The molecule has 2 rings (SSSR count). The zero-order valence-electron chi connectivity index (χ0n) is 11.4. The molecule has 0 spiro atoms. The number of nitrogens with two attached hydrogens (primary N) is 1. The van der Waals surface area contributed by atoms with Gasteiger partial charge in [-0.1, -0.05) is 6.58 Å². The van der Waals surface area contributed by atoms with E-state index in [4.69, 9.17) is 5.73 Å². The van der Waals surface area contributed by atoms with Gasteiger partial charge in [0.05, 0.1) is 24.1 Å². The minimum atomic E-state index is -0.362. The molecule has 6 heteroatoms. The largest absolute Gasteiger partial charge is 0.465 e. The Morgan fingerprint density at radius 3 is 2.55 bits per heavy atom. The molecule has 0 unspecified atom stereocenters. The molecule has 0 aliphatic heterocycles. The number of nitrogens with zero attached hydrogens (tertiary/aromatic N) is 2. The fourth-order valence-corrected chi connectivity index (χ4v) is 1.76. The van der Waals surface area contributed by atoms with Crippen LogP contribution in [0.15, 0.2) is 36.9 Å². The molecule has 0 aliphatic rings. The number of benzene rings is 1. The summed E-state index contributed by atoms with van der Waals surface area (Å²) in [6.45, 7) is 4.00. The Balaban J connectivity index is 2.19. The monoisotopic (exact) mass is 272 g/mol. The fraction of sp³-hybridized carbons (Fsp3) is 0.143. The van der Waals surface area contributed by atoms with Gasteiger partial charge in [0.2, 0.25) is 0 Å². The van der Waals surface area contributed by atoms with Crippen molar-refractivity contribution >= 4 is 23.2 Å². The number of carbonyl (C=O) groups is 1. The van der Waals surface area contributed by atoms with Gasteiger partial charge in [-0.05, 0) is 24.3 Å². The van der Waals surface area contributed by atoms with Crippen LogP contribution in [0.4, 0.5) is 11.5 Å². The SMILES string of the molecule is C=C(c1cc(N)n[nH]1)N(C)c1ccc(C(=O)OC)cc1. The predicted octanol–water partition coefficient (Wildman–Crippen LogP) is 1.89. The van der Waals surface area contributed by atoms with Gasteiger partial charge in [0.25, 0.3) is 0 Å². The molecule has 1 aromatic carbocycles. The minimum absolute atomic E-state index is 0.362. The number of anilines is 2. The Labute approximate surface area is 116 Å². The standard InChI is InChI=1S/C14H16N4O2/c1-9(12-8-13(15)17-16-12)18(2)11-6-4-10(5-7-11)14(19)20-3/h4-8H,1H2,2-3H3,(H3,15,16,17). The van der Waals surface area contributed by atoms with E-state index >= 15 is 0 Å². The average Bonchev–Trinajstić information content (AvgIpc) is 2.91. The first-order valence-corrected chi connectivity index (χ1v) is 5.95. The van der Waals surface area contributed by atoms with Gasteiger partial charge >= 0.3 is 5.97 Å². The number of carbonyl (C=O) groups excluding carboxylic acids is 1. The molecule has 0 fully saturated rings. The number of nitrogens with one attached hydrogen (secondary N) is 1. The van der Waals surface area contributed by atoms with Crippen LogP contribution in [0.1, 0.15) is 16.1 Å². The van der Waals surface area contributed by atoms with Crippen LogP contribution in [-0.4, -0.2) is 30.3 Å². The summed E-state index contributed by atoms with van der Waals surface area (Å²) in [7, 11) is 3.22. The van der Waals surface area contributed by atoms with Crippen LogP contribution in [0.25, 0.3) is 5.70 Å². The molecule has 0 bridgehead atoms. The second kappa shape index (κ2) is 5.48. The Bertz CT molecular complexity index is 631. The van der Waals surface area contributed by atoms with Crippen LogP contribution < -0.4 is 10.6 Å².